The van der Waals surface area contributed by atoms with E-state index in [0.717, 1.165) is 15.2 Å². The molecule has 0 aromatic heterocycles. The first-order chi connectivity index (χ1) is 8.56. The largest absolute Gasteiger partial charge is 0.388 e. The molecule has 0 bridgehead atoms. The van der Waals surface area contributed by atoms with E-state index in [1.165, 1.54) is 12.1 Å². The van der Waals surface area contributed by atoms with Crippen molar-refractivity contribution < 1.29 is 13.9 Å². The molecule has 0 aliphatic rings. The maximum atomic E-state index is 13.0. The lowest BCUT2D eigenvalue weighted by Gasteiger charge is -2.13. The zero-order valence-electron chi connectivity index (χ0n) is 9.41. The van der Waals surface area contributed by atoms with Crippen LogP contribution in [0, 0.1) is 15.2 Å². The van der Waals surface area contributed by atoms with Gasteiger partial charge in [0.15, 0.2) is 0 Å². The summed E-state index contributed by atoms with van der Waals surface area (Å²) in [4.78, 5) is 0. The molecule has 0 aliphatic heterocycles. The van der Waals surface area contributed by atoms with Crippen LogP contribution < -0.4 is 0 Å². The van der Waals surface area contributed by atoms with Crippen LogP contribution in [-0.2, 0) is 6.42 Å². The maximum Gasteiger partial charge on any atom is 0.126 e. The molecule has 1 unspecified atom stereocenters. The Hall–Kier alpha value is -1.01. The van der Waals surface area contributed by atoms with Crippen LogP contribution >= 0.6 is 22.6 Å². The summed E-state index contributed by atoms with van der Waals surface area (Å²) in [6.07, 6.45) is -0.575. The van der Waals surface area contributed by atoms with Gasteiger partial charge in [-0.15, -0.1) is 0 Å². The van der Waals surface area contributed by atoms with Gasteiger partial charge >= 0.3 is 0 Å². The van der Waals surface area contributed by atoms with Gasteiger partial charge in [-0.3, -0.25) is 0 Å². The third-order valence-electron chi connectivity index (χ3n) is 2.62. The lowest BCUT2D eigenvalue weighted by molar-refractivity contribution is 0.177. The molecule has 2 rings (SSSR count). The van der Waals surface area contributed by atoms with Gasteiger partial charge in [-0.2, -0.15) is 0 Å². The molecule has 0 heterocycles. The predicted molar refractivity (Wildman–Crippen MR) is 74.2 cm³/mol. The minimum atomic E-state index is -0.765. The average molecular weight is 360 g/mol. The fourth-order valence-corrected chi connectivity index (χ4v) is 2.55. The molecule has 18 heavy (non-hydrogen) atoms. The second-order valence-corrected chi connectivity index (χ2v) is 5.18. The summed E-state index contributed by atoms with van der Waals surface area (Å²) in [5, 5.41) is 10.1. The van der Waals surface area contributed by atoms with Gasteiger partial charge in [0.1, 0.15) is 11.6 Å². The predicted octanol–water partition coefficient (Wildman–Crippen LogP) is 3.85. The normalized spacial score (nSPS) is 12.4. The average Bonchev–Trinajstić information content (AvgIpc) is 2.27. The van der Waals surface area contributed by atoms with E-state index in [1.807, 2.05) is 24.3 Å². The van der Waals surface area contributed by atoms with Gasteiger partial charge in [0, 0.05) is 16.1 Å². The van der Waals surface area contributed by atoms with Crippen molar-refractivity contribution in [3.63, 3.8) is 0 Å². The summed E-state index contributed by atoms with van der Waals surface area (Å²) in [5.74, 6) is -1.25. The molecule has 0 fully saturated rings. The lowest BCUT2D eigenvalue weighted by Crippen LogP contribution is -2.04. The Balaban J connectivity index is 2.21. The molecular formula is C14H11F2IO. The molecule has 94 valence electrons. The number of hydrogen-bond acceptors (Lipinski definition) is 1. The van der Waals surface area contributed by atoms with E-state index in [1.54, 1.807) is 0 Å². The number of halogens is 3. The molecule has 0 aliphatic carbocycles. The third kappa shape index (κ3) is 3.26. The summed E-state index contributed by atoms with van der Waals surface area (Å²) >= 11 is 2.12. The summed E-state index contributed by atoms with van der Waals surface area (Å²) in [6.45, 7) is 0. The SMILES string of the molecule is OC(Cc1cc(F)cc(F)c1)c1ccccc1I. The summed E-state index contributed by atoms with van der Waals surface area (Å²) in [7, 11) is 0. The zero-order valence-corrected chi connectivity index (χ0v) is 11.6. The maximum absolute atomic E-state index is 13.0. The highest BCUT2D eigenvalue weighted by molar-refractivity contribution is 14.1. The van der Waals surface area contributed by atoms with Crippen LogP contribution in [0.1, 0.15) is 17.2 Å². The van der Waals surface area contributed by atoms with Crippen molar-refractivity contribution in [3.05, 3.63) is 68.8 Å². The summed E-state index contributed by atoms with van der Waals surface area (Å²) < 4.78 is 27.0. The molecule has 0 spiro atoms. The van der Waals surface area contributed by atoms with Crippen molar-refractivity contribution >= 4 is 22.6 Å². The molecule has 2 aromatic rings. The highest BCUT2D eigenvalue weighted by Crippen LogP contribution is 2.23. The molecule has 1 atom stereocenters. The molecular weight excluding hydrogens is 349 g/mol. The number of aliphatic hydroxyl groups is 1. The first-order valence-corrected chi connectivity index (χ1v) is 6.51. The quantitative estimate of drug-likeness (QED) is 0.825. The van der Waals surface area contributed by atoms with Crippen LogP contribution in [0.5, 0.6) is 0 Å². The van der Waals surface area contributed by atoms with Crippen LogP contribution in [0.25, 0.3) is 0 Å². The van der Waals surface area contributed by atoms with Crippen LogP contribution in [0.4, 0.5) is 8.78 Å². The fraction of sp³-hybridized carbons (Fsp3) is 0.143. The highest BCUT2D eigenvalue weighted by Gasteiger charge is 2.12. The van der Waals surface area contributed by atoms with Crippen LogP contribution in [-0.4, -0.2) is 5.11 Å². The molecule has 0 radical (unpaired) electrons. The second kappa shape index (κ2) is 5.75. The van der Waals surface area contributed by atoms with Gasteiger partial charge in [0.25, 0.3) is 0 Å². The van der Waals surface area contributed by atoms with Crippen molar-refractivity contribution in [2.75, 3.05) is 0 Å². The van der Waals surface area contributed by atoms with Gasteiger partial charge in [0.2, 0.25) is 0 Å². The van der Waals surface area contributed by atoms with E-state index in [0.29, 0.717) is 5.56 Å². The van der Waals surface area contributed by atoms with Crippen LogP contribution in [0.3, 0.4) is 0 Å². The van der Waals surface area contributed by atoms with Crippen LogP contribution in [0.2, 0.25) is 0 Å². The van der Waals surface area contributed by atoms with Gasteiger partial charge in [-0.1, -0.05) is 18.2 Å². The van der Waals surface area contributed by atoms with Crippen molar-refractivity contribution in [1.29, 1.82) is 0 Å². The minimum Gasteiger partial charge on any atom is -0.388 e. The van der Waals surface area contributed by atoms with Crippen molar-refractivity contribution in [3.8, 4) is 0 Å². The minimum absolute atomic E-state index is 0.189. The number of aliphatic hydroxyl groups excluding tert-OH is 1. The monoisotopic (exact) mass is 360 g/mol. The first-order valence-electron chi connectivity index (χ1n) is 5.44. The number of hydrogen-bond donors (Lipinski definition) is 1. The van der Waals surface area contributed by atoms with Crippen molar-refractivity contribution in [2.24, 2.45) is 0 Å². The highest BCUT2D eigenvalue weighted by atomic mass is 127. The van der Waals surface area contributed by atoms with Gasteiger partial charge in [-0.25, -0.2) is 8.78 Å². The molecule has 1 N–H and O–H groups in total. The Bertz CT molecular complexity index is 537. The molecule has 2 aromatic carbocycles. The summed E-state index contributed by atoms with van der Waals surface area (Å²) in [5.41, 5.74) is 1.21. The Morgan fingerprint density at radius 3 is 2.28 bits per heavy atom. The third-order valence-corrected chi connectivity index (χ3v) is 3.60. The van der Waals surface area contributed by atoms with Crippen molar-refractivity contribution in [1.82, 2.24) is 0 Å². The van der Waals surface area contributed by atoms with E-state index < -0.39 is 17.7 Å². The first kappa shape index (κ1) is 13.4. The van der Waals surface area contributed by atoms with E-state index in [2.05, 4.69) is 22.6 Å². The van der Waals surface area contributed by atoms with Crippen LogP contribution in [0.15, 0.2) is 42.5 Å². The Morgan fingerprint density at radius 1 is 1.06 bits per heavy atom. The van der Waals surface area contributed by atoms with Gasteiger partial charge < -0.3 is 5.11 Å². The second-order valence-electron chi connectivity index (χ2n) is 4.02. The molecule has 4 heteroatoms. The zero-order chi connectivity index (χ0) is 13.1. The summed E-state index contributed by atoms with van der Waals surface area (Å²) in [6, 6.07) is 10.7. The number of rotatable bonds is 3. The lowest BCUT2D eigenvalue weighted by atomic mass is 10.0. The smallest absolute Gasteiger partial charge is 0.126 e. The number of benzene rings is 2. The molecule has 0 saturated carbocycles. The fourth-order valence-electron chi connectivity index (χ4n) is 1.81. The van der Waals surface area contributed by atoms with E-state index in [9.17, 15) is 13.9 Å². The van der Waals surface area contributed by atoms with Gasteiger partial charge in [0.05, 0.1) is 6.10 Å². The van der Waals surface area contributed by atoms with E-state index in [-0.39, 0.29) is 6.42 Å². The Morgan fingerprint density at radius 2 is 1.67 bits per heavy atom. The molecule has 0 saturated heterocycles. The molecule has 0 amide bonds. The standard InChI is InChI=1S/C14H11F2IO/c15-10-5-9(6-11(16)8-10)7-14(18)12-3-1-2-4-13(12)17/h1-6,8,14,18H,7H2. The van der Waals surface area contributed by atoms with Crippen molar-refractivity contribution in [2.45, 2.75) is 12.5 Å². The Kier molecular flexibility index (Phi) is 4.29. The van der Waals surface area contributed by atoms with E-state index in [4.69, 9.17) is 0 Å². The topological polar surface area (TPSA) is 20.2 Å². The molecule has 1 nitrogen and oxygen atoms in total. The Labute approximate surface area is 118 Å². The van der Waals surface area contributed by atoms with E-state index >= 15 is 0 Å². The van der Waals surface area contributed by atoms with Gasteiger partial charge in [-0.05, 0) is 51.9 Å².